The smallest absolute Gasteiger partial charge is 0.226 e. The number of rotatable bonds is 2. The Kier molecular flexibility index (Phi) is 5.12. The summed E-state index contributed by atoms with van der Waals surface area (Å²) in [5, 5.41) is 4.96. The standard InChI is InChI=1S/C17H20Cl2N2O.ClH/c18-10-1-4-13(16(19)7-10)14-8-15(14)17(22)21-6-5-11-2-3-12(9-21)20-11;/h1,4,7,11-12,14-15,20H,2-3,5-6,8-9H2;1H. The molecule has 0 aromatic heterocycles. The zero-order valence-electron chi connectivity index (χ0n) is 12.8. The van der Waals surface area contributed by atoms with Crippen LogP contribution in [-0.2, 0) is 4.79 Å². The summed E-state index contributed by atoms with van der Waals surface area (Å²) in [4.78, 5) is 14.9. The largest absolute Gasteiger partial charge is 0.341 e. The number of nitrogens with zero attached hydrogens (tertiary/aromatic N) is 1. The summed E-state index contributed by atoms with van der Waals surface area (Å²) < 4.78 is 0. The second-order valence-electron chi connectivity index (χ2n) is 6.83. The van der Waals surface area contributed by atoms with E-state index >= 15 is 0 Å². The molecule has 126 valence electrons. The molecule has 4 unspecified atom stereocenters. The van der Waals surface area contributed by atoms with Gasteiger partial charge in [0.25, 0.3) is 0 Å². The van der Waals surface area contributed by atoms with Crippen molar-refractivity contribution >= 4 is 41.5 Å². The molecule has 1 aromatic rings. The summed E-state index contributed by atoms with van der Waals surface area (Å²) in [5.41, 5.74) is 1.07. The molecule has 2 aliphatic heterocycles. The summed E-state index contributed by atoms with van der Waals surface area (Å²) in [6, 6.07) is 6.70. The predicted octanol–water partition coefficient (Wildman–Crippen LogP) is 3.87. The van der Waals surface area contributed by atoms with E-state index in [2.05, 4.69) is 10.2 Å². The molecular formula is C17H21Cl3N2O. The summed E-state index contributed by atoms with van der Waals surface area (Å²) in [5.74, 6) is 0.686. The van der Waals surface area contributed by atoms with Gasteiger partial charge in [0.15, 0.2) is 0 Å². The fourth-order valence-corrected chi connectivity index (χ4v) is 4.54. The lowest BCUT2D eigenvalue weighted by atomic mass is 10.1. The number of fused-ring (bicyclic) bond motifs is 2. The van der Waals surface area contributed by atoms with Crippen molar-refractivity contribution in [3.8, 4) is 0 Å². The van der Waals surface area contributed by atoms with Crippen molar-refractivity contribution < 1.29 is 4.79 Å². The molecule has 23 heavy (non-hydrogen) atoms. The number of hydrogen-bond acceptors (Lipinski definition) is 2. The van der Waals surface area contributed by atoms with Gasteiger partial charge in [-0.2, -0.15) is 0 Å². The third-order valence-corrected chi connectivity index (χ3v) is 5.87. The maximum Gasteiger partial charge on any atom is 0.226 e. The molecule has 2 saturated heterocycles. The van der Waals surface area contributed by atoms with Crippen LogP contribution in [0.5, 0.6) is 0 Å². The van der Waals surface area contributed by atoms with E-state index in [1.165, 1.54) is 12.8 Å². The lowest BCUT2D eigenvalue weighted by Crippen LogP contribution is -2.40. The minimum Gasteiger partial charge on any atom is -0.341 e. The summed E-state index contributed by atoms with van der Waals surface area (Å²) >= 11 is 12.2. The van der Waals surface area contributed by atoms with Crippen LogP contribution in [0, 0.1) is 5.92 Å². The number of carbonyl (C=O) groups is 1. The van der Waals surface area contributed by atoms with Gasteiger partial charge in [0.2, 0.25) is 5.91 Å². The zero-order valence-corrected chi connectivity index (χ0v) is 15.1. The first-order chi connectivity index (χ1) is 10.6. The van der Waals surface area contributed by atoms with Crippen LogP contribution in [0.4, 0.5) is 0 Å². The fraction of sp³-hybridized carbons (Fsp3) is 0.588. The molecule has 1 saturated carbocycles. The van der Waals surface area contributed by atoms with E-state index in [0.29, 0.717) is 28.0 Å². The first-order valence-corrected chi connectivity index (χ1v) is 8.87. The van der Waals surface area contributed by atoms with Crippen molar-refractivity contribution in [3.05, 3.63) is 33.8 Å². The van der Waals surface area contributed by atoms with Gasteiger partial charge in [-0.3, -0.25) is 4.79 Å². The monoisotopic (exact) mass is 374 g/mol. The van der Waals surface area contributed by atoms with E-state index in [0.717, 1.165) is 31.5 Å². The van der Waals surface area contributed by atoms with E-state index in [4.69, 9.17) is 23.2 Å². The lowest BCUT2D eigenvalue weighted by molar-refractivity contribution is -0.132. The maximum atomic E-state index is 12.8. The van der Waals surface area contributed by atoms with Crippen LogP contribution < -0.4 is 5.32 Å². The number of hydrogen-bond donors (Lipinski definition) is 1. The topological polar surface area (TPSA) is 32.3 Å². The molecule has 4 atom stereocenters. The van der Waals surface area contributed by atoms with Crippen molar-refractivity contribution in [3.63, 3.8) is 0 Å². The van der Waals surface area contributed by atoms with E-state index in [1.54, 1.807) is 6.07 Å². The molecule has 0 spiro atoms. The molecule has 6 heteroatoms. The zero-order chi connectivity index (χ0) is 15.3. The molecule has 2 bridgehead atoms. The first kappa shape index (κ1) is 17.3. The van der Waals surface area contributed by atoms with Crippen molar-refractivity contribution in [1.82, 2.24) is 10.2 Å². The van der Waals surface area contributed by atoms with Gasteiger partial charge in [-0.05, 0) is 49.3 Å². The van der Waals surface area contributed by atoms with Gasteiger partial charge in [-0.25, -0.2) is 0 Å². The highest BCUT2D eigenvalue weighted by Crippen LogP contribution is 2.51. The highest BCUT2D eigenvalue weighted by Gasteiger charge is 2.47. The van der Waals surface area contributed by atoms with Gasteiger partial charge in [0, 0.05) is 41.1 Å². The normalized spacial score (nSPS) is 32.2. The second-order valence-corrected chi connectivity index (χ2v) is 7.67. The Bertz CT molecular complexity index is 610. The van der Waals surface area contributed by atoms with Crippen LogP contribution in [0.25, 0.3) is 0 Å². The predicted molar refractivity (Wildman–Crippen MR) is 95.7 cm³/mol. The van der Waals surface area contributed by atoms with Crippen LogP contribution in [0.15, 0.2) is 18.2 Å². The average Bonchev–Trinajstić information content (AvgIpc) is 3.17. The number of halogens is 3. The SMILES string of the molecule is Cl.O=C(C1CC1c1ccc(Cl)cc1Cl)N1CCC2CCC(C1)N2. The number of likely N-dealkylation sites (tertiary alicyclic amines) is 1. The Morgan fingerprint density at radius 3 is 2.74 bits per heavy atom. The Morgan fingerprint density at radius 2 is 1.96 bits per heavy atom. The molecule has 4 rings (SSSR count). The summed E-state index contributed by atoms with van der Waals surface area (Å²) in [6.07, 6.45) is 4.46. The van der Waals surface area contributed by atoms with E-state index < -0.39 is 0 Å². The lowest BCUT2D eigenvalue weighted by Gasteiger charge is -2.24. The van der Waals surface area contributed by atoms with Crippen molar-refractivity contribution in [1.29, 1.82) is 0 Å². The van der Waals surface area contributed by atoms with Gasteiger partial charge in [0.1, 0.15) is 0 Å². The highest BCUT2D eigenvalue weighted by atomic mass is 35.5. The van der Waals surface area contributed by atoms with Crippen molar-refractivity contribution in [2.24, 2.45) is 5.92 Å². The summed E-state index contributed by atoms with van der Waals surface area (Å²) in [6.45, 7) is 1.76. The third-order valence-electron chi connectivity index (χ3n) is 5.30. The molecule has 3 nitrogen and oxygen atoms in total. The fourth-order valence-electron chi connectivity index (χ4n) is 3.99. The van der Waals surface area contributed by atoms with Gasteiger partial charge in [-0.15, -0.1) is 12.4 Å². The van der Waals surface area contributed by atoms with Crippen molar-refractivity contribution in [2.75, 3.05) is 13.1 Å². The number of amides is 1. The van der Waals surface area contributed by atoms with Crippen molar-refractivity contribution in [2.45, 2.75) is 43.7 Å². The Hall–Kier alpha value is -0.480. The maximum absolute atomic E-state index is 12.8. The highest BCUT2D eigenvalue weighted by molar-refractivity contribution is 6.35. The molecule has 3 fully saturated rings. The molecule has 0 radical (unpaired) electrons. The molecule has 1 N–H and O–H groups in total. The number of benzene rings is 1. The Morgan fingerprint density at radius 1 is 1.17 bits per heavy atom. The summed E-state index contributed by atoms with van der Waals surface area (Å²) in [7, 11) is 0. The second kappa shape index (κ2) is 6.79. The van der Waals surface area contributed by atoms with Crippen LogP contribution in [0.1, 0.15) is 37.2 Å². The minimum atomic E-state index is 0. The van der Waals surface area contributed by atoms with Crippen LogP contribution in [-0.4, -0.2) is 36.0 Å². The Labute approximate surface area is 153 Å². The average molecular weight is 376 g/mol. The van der Waals surface area contributed by atoms with Crippen LogP contribution in [0.2, 0.25) is 10.0 Å². The van der Waals surface area contributed by atoms with Crippen LogP contribution in [0.3, 0.4) is 0 Å². The van der Waals surface area contributed by atoms with Gasteiger partial charge in [0.05, 0.1) is 0 Å². The number of nitrogens with one attached hydrogen (secondary N) is 1. The van der Waals surface area contributed by atoms with Gasteiger partial charge >= 0.3 is 0 Å². The molecule has 2 heterocycles. The van der Waals surface area contributed by atoms with Gasteiger partial charge in [-0.1, -0.05) is 29.3 Å². The molecule has 1 aromatic carbocycles. The molecular weight excluding hydrogens is 355 g/mol. The van der Waals surface area contributed by atoms with E-state index in [1.807, 2.05) is 12.1 Å². The molecule has 1 amide bonds. The minimum absolute atomic E-state index is 0. The van der Waals surface area contributed by atoms with E-state index in [9.17, 15) is 4.79 Å². The molecule has 1 aliphatic carbocycles. The van der Waals surface area contributed by atoms with E-state index in [-0.39, 0.29) is 24.2 Å². The van der Waals surface area contributed by atoms with Crippen LogP contribution >= 0.6 is 35.6 Å². The Balaban J connectivity index is 0.00000156. The van der Waals surface area contributed by atoms with Gasteiger partial charge < -0.3 is 10.2 Å². The third kappa shape index (κ3) is 3.48. The number of carbonyl (C=O) groups excluding carboxylic acids is 1. The molecule has 3 aliphatic rings. The first-order valence-electron chi connectivity index (χ1n) is 8.11. The quantitative estimate of drug-likeness (QED) is 0.851.